The maximum absolute atomic E-state index is 10.4. The molecule has 0 aromatic carbocycles. The number of ether oxygens (including phenoxy) is 1. The van der Waals surface area contributed by atoms with Crippen LogP contribution in [0.2, 0.25) is 0 Å². The van der Waals surface area contributed by atoms with E-state index in [2.05, 4.69) is 11.9 Å². The van der Waals surface area contributed by atoms with Gasteiger partial charge in [-0.3, -0.25) is 0 Å². The van der Waals surface area contributed by atoms with Crippen molar-refractivity contribution in [3.8, 4) is 0 Å². The van der Waals surface area contributed by atoms with Crippen LogP contribution in [0.5, 0.6) is 0 Å². The highest BCUT2D eigenvalue weighted by molar-refractivity contribution is 5.86. The van der Waals surface area contributed by atoms with Gasteiger partial charge < -0.3 is 15.2 Å². The van der Waals surface area contributed by atoms with Crippen LogP contribution in [0.3, 0.4) is 0 Å². The summed E-state index contributed by atoms with van der Waals surface area (Å²) in [7, 11) is 0. The summed E-state index contributed by atoms with van der Waals surface area (Å²) in [5.41, 5.74) is 0.103. The molecule has 1 fully saturated rings. The minimum Gasteiger partial charge on any atom is -0.478 e. The second-order valence-electron chi connectivity index (χ2n) is 3.63. The molecule has 1 atom stereocenters. The van der Waals surface area contributed by atoms with Crippen molar-refractivity contribution in [1.82, 2.24) is 5.32 Å². The van der Waals surface area contributed by atoms with Crippen LogP contribution in [-0.2, 0) is 9.53 Å². The zero-order valence-corrected chi connectivity index (χ0v) is 7.80. The SMILES string of the molecule is C=C(CNC1(C)CCOC1)C(=O)O. The summed E-state index contributed by atoms with van der Waals surface area (Å²) < 4.78 is 5.21. The molecular formula is C9H15NO3. The Balaban J connectivity index is 2.33. The Bertz CT molecular complexity index is 219. The fourth-order valence-electron chi connectivity index (χ4n) is 1.20. The van der Waals surface area contributed by atoms with Gasteiger partial charge >= 0.3 is 5.97 Å². The van der Waals surface area contributed by atoms with Crippen LogP contribution in [0, 0.1) is 0 Å². The summed E-state index contributed by atoms with van der Waals surface area (Å²) in [6.07, 6.45) is 0.917. The molecule has 0 amide bonds. The molecule has 0 aromatic heterocycles. The van der Waals surface area contributed by atoms with Crippen molar-refractivity contribution in [3.63, 3.8) is 0 Å². The van der Waals surface area contributed by atoms with E-state index in [1.807, 2.05) is 6.92 Å². The second kappa shape index (κ2) is 3.89. The number of rotatable bonds is 4. The van der Waals surface area contributed by atoms with E-state index in [0.717, 1.165) is 13.0 Å². The Morgan fingerprint density at radius 3 is 2.92 bits per heavy atom. The van der Waals surface area contributed by atoms with Gasteiger partial charge in [0.15, 0.2) is 0 Å². The van der Waals surface area contributed by atoms with Crippen molar-refractivity contribution in [2.45, 2.75) is 18.9 Å². The Labute approximate surface area is 77.6 Å². The summed E-state index contributed by atoms with van der Waals surface area (Å²) in [4.78, 5) is 10.4. The van der Waals surface area contributed by atoms with Crippen LogP contribution < -0.4 is 5.32 Å². The van der Waals surface area contributed by atoms with Crippen molar-refractivity contribution in [1.29, 1.82) is 0 Å². The minimum absolute atomic E-state index is 0.0849. The van der Waals surface area contributed by atoms with Gasteiger partial charge in [0.25, 0.3) is 0 Å². The highest BCUT2D eigenvalue weighted by atomic mass is 16.5. The van der Waals surface area contributed by atoms with E-state index in [1.165, 1.54) is 0 Å². The molecule has 1 heterocycles. The van der Waals surface area contributed by atoms with Gasteiger partial charge in [-0.15, -0.1) is 0 Å². The van der Waals surface area contributed by atoms with E-state index in [1.54, 1.807) is 0 Å². The Morgan fingerprint density at radius 2 is 2.46 bits per heavy atom. The first-order chi connectivity index (χ1) is 6.03. The third-order valence-corrected chi connectivity index (χ3v) is 2.25. The summed E-state index contributed by atoms with van der Waals surface area (Å²) >= 11 is 0. The number of carboxylic acid groups (broad SMARTS) is 1. The maximum Gasteiger partial charge on any atom is 0.332 e. The van der Waals surface area contributed by atoms with Crippen LogP contribution in [0.15, 0.2) is 12.2 Å². The molecule has 0 spiro atoms. The molecule has 1 aliphatic heterocycles. The Morgan fingerprint density at radius 1 is 1.77 bits per heavy atom. The largest absolute Gasteiger partial charge is 0.478 e. The van der Waals surface area contributed by atoms with Gasteiger partial charge in [-0.1, -0.05) is 6.58 Å². The lowest BCUT2D eigenvalue weighted by Gasteiger charge is -2.23. The lowest BCUT2D eigenvalue weighted by Crippen LogP contribution is -2.44. The van der Waals surface area contributed by atoms with Crippen molar-refractivity contribution < 1.29 is 14.6 Å². The summed E-state index contributed by atoms with van der Waals surface area (Å²) in [5.74, 6) is -0.949. The van der Waals surface area contributed by atoms with Gasteiger partial charge in [0.1, 0.15) is 0 Å². The predicted molar refractivity (Wildman–Crippen MR) is 48.6 cm³/mol. The van der Waals surface area contributed by atoms with E-state index >= 15 is 0 Å². The molecule has 1 unspecified atom stereocenters. The van der Waals surface area contributed by atoms with Crippen LogP contribution in [0.25, 0.3) is 0 Å². The molecule has 1 saturated heterocycles. The zero-order chi connectivity index (χ0) is 9.90. The third kappa shape index (κ3) is 2.82. The molecular weight excluding hydrogens is 170 g/mol. The maximum atomic E-state index is 10.4. The van der Waals surface area contributed by atoms with E-state index in [9.17, 15) is 4.79 Å². The number of nitrogens with one attached hydrogen (secondary N) is 1. The van der Waals surface area contributed by atoms with Gasteiger partial charge in [-0.25, -0.2) is 4.79 Å². The quantitative estimate of drug-likeness (QED) is 0.622. The molecule has 2 N–H and O–H groups in total. The average Bonchev–Trinajstić information content (AvgIpc) is 2.48. The predicted octanol–water partition coefficient (Wildman–Crippen LogP) is 0.396. The Kier molecular flexibility index (Phi) is 3.06. The third-order valence-electron chi connectivity index (χ3n) is 2.25. The molecule has 1 aliphatic rings. The Hall–Kier alpha value is -0.870. The fraction of sp³-hybridized carbons (Fsp3) is 0.667. The summed E-state index contributed by atoms with van der Waals surface area (Å²) in [6, 6.07) is 0. The highest BCUT2D eigenvalue weighted by Crippen LogP contribution is 2.17. The number of carbonyl (C=O) groups is 1. The highest BCUT2D eigenvalue weighted by Gasteiger charge is 2.29. The number of hydrogen-bond acceptors (Lipinski definition) is 3. The zero-order valence-electron chi connectivity index (χ0n) is 7.80. The molecule has 4 nitrogen and oxygen atoms in total. The van der Waals surface area contributed by atoms with Crippen molar-refractivity contribution in [3.05, 3.63) is 12.2 Å². The van der Waals surface area contributed by atoms with Gasteiger partial charge in [0.05, 0.1) is 6.61 Å². The van der Waals surface area contributed by atoms with E-state index < -0.39 is 5.97 Å². The van der Waals surface area contributed by atoms with Crippen LogP contribution in [0.4, 0.5) is 0 Å². The monoisotopic (exact) mass is 185 g/mol. The van der Waals surface area contributed by atoms with E-state index in [4.69, 9.17) is 9.84 Å². The van der Waals surface area contributed by atoms with Crippen molar-refractivity contribution in [2.75, 3.05) is 19.8 Å². The molecule has 0 bridgehead atoms. The van der Waals surface area contributed by atoms with Gasteiger partial charge in [-0.2, -0.15) is 0 Å². The normalized spacial score (nSPS) is 27.5. The summed E-state index contributed by atoms with van der Waals surface area (Å²) in [6.45, 7) is 7.16. The number of hydrogen-bond donors (Lipinski definition) is 2. The standard InChI is InChI=1S/C9H15NO3/c1-7(8(11)12)5-10-9(2)3-4-13-6-9/h10H,1,3-6H2,2H3,(H,11,12). The fourth-order valence-corrected chi connectivity index (χ4v) is 1.20. The van der Waals surface area contributed by atoms with E-state index in [0.29, 0.717) is 13.2 Å². The van der Waals surface area contributed by atoms with E-state index in [-0.39, 0.29) is 11.1 Å². The molecule has 13 heavy (non-hydrogen) atoms. The molecule has 0 saturated carbocycles. The van der Waals surface area contributed by atoms with Crippen molar-refractivity contribution >= 4 is 5.97 Å². The van der Waals surface area contributed by atoms with Crippen LogP contribution in [-0.4, -0.2) is 36.4 Å². The lowest BCUT2D eigenvalue weighted by molar-refractivity contribution is -0.132. The van der Waals surface area contributed by atoms with Gasteiger partial charge in [0, 0.05) is 24.3 Å². The average molecular weight is 185 g/mol. The first kappa shape index (κ1) is 10.2. The first-order valence-corrected chi connectivity index (χ1v) is 4.27. The minimum atomic E-state index is -0.949. The van der Waals surface area contributed by atoms with Crippen molar-refractivity contribution in [2.24, 2.45) is 0 Å². The molecule has 4 heteroatoms. The molecule has 1 rings (SSSR count). The summed E-state index contributed by atoms with van der Waals surface area (Å²) in [5, 5.41) is 11.7. The van der Waals surface area contributed by atoms with Crippen LogP contribution in [0.1, 0.15) is 13.3 Å². The molecule has 0 aromatic rings. The van der Waals surface area contributed by atoms with Crippen LogP contribution >= 0.6 is 0 Å². The molecule has 0 aliphatic carbocycles. The topological polar surface area (TPSA) is 58.6 Å². The first-order valence-electron chi connectivity index (χ1n) is 4.27. The molecule has 0 radical (unpaired) electrons. The number of aliphatic carboxylic acids is 1. The second-order valence-corrected chi connectivity index (χ2v) is 3.63. The smallest absolute Gasteiger partial charge is 0.332 e. The molecule has 74 valence electrons. The van der Waals surface area contributed by atoms with Gasteiger partial charge in [-0.05, 0) is 13.3 Å². The van der Waals surface area contributed by atoms with Gasteiger partial charge in [0.2, 0.25) is 0 Å². The lowest BCUT2D eigenvalue weighted by atomic mass is 10.0. The number of carboxylic acids is 1.